The molecule has 2 heterocycles. The molecule has 1 aliphatic heterocycles. The number of nitrogens with zero attached hydrogens (tertiary/aromatic N) is 2. The lowest BCUT2D eigenvalue weighted by Gasteiger charge is -2.26. The number of hydrogen-bond acceptors (Lipinski definition) is 4. The second-order valence-electron chi connectivity index (χ2n) is 7.29. The summed E-state index contributed by atoms with van der Waals surface area (Å²) in [5, 5.41) is 2.87. The quantitative estimate of drug-likeness (QED) is 0.472. The molecule has 4 rings (SSSR count). The zero-order valence-corrected chi connectivity index (χ0v) is 18.4. The van der Waals surface area contributed by atoms with Crippen LogP contribution in [0.3, 0.4) is 0 Å². The summed E-state index contributed by atoms with van der Waals surface area (Å²) in [5.74, 6) is -0.846. The molecule has 7 nitrogen and oxygen atoms in total. The average molecular weight is 450 g/mol. The molecule has 0 saturated carbocycles. The van der Waals surface area contributed by atoms with Crippen LogP contribution in [0.25, 0.3) is 11.8 Å². The number of aromatic nitrogens is 1. The summed E-state index contributed by atoms with van der Waals surface area (Å²) in [6.07, 6.45) is 1.51. The number of barbiturate groups is 1. The highest BCUT2D eigenvalue weighted by atomic mass is 35.5. The lowest BCUT2D eigenvalue weighted by Crippen LogP contribution is -2.54. The van der Waals surface area contributed by atoms with Gasteiger partial charge in [0.15, 0.2) is 0 Å². The van der Waals surface area contributed by atoms with Crippen LogP contribution in [0.4, 0.5) is 10.5 Å². The number of urea groups is 1. The van der Waals surface area contributed by atoms with Gasteiger partial charge in [-0.15, -0.1) is 0 Å². The minimum atomic E-state index is -0.797. The number of ether oxygens (including phenoxy) is 1. The van der Waals surface area contributed by atoms with E-state index in [4.69, 9.17) is 16.3 Å². The van der Waals surface area contributed by atoms with Gasteiger partial charge in [-0.3, -0.25) is 14.9 Å². The Morgan fingerprint density at radius 3 is 2.19 bits per heavy atom. The largest absolute Gasteiger partial charge is 0.497 e. The first-order chi connectivity index (χ1) is 15.3. The molecular formula is C24H20ClN3O4. The average Bonchev–Trinajstić information content (AvgIpc) is 3.05. The first-order valence-electron chi connectivity index (χ1n) is 9.80. The Morgan fingerprint density at radius 2 is 1.56 bits per heavy atom. The molecule has 32 heavy (non-hydrogen) atoms. The van der Waals surface area contributed by atoms with Gasteiger partial charge in [0.2, 0.25) is 0 Å². The number of amides is 4. The zero-order chi connectivity index (χ0) is 23.0. The Bertz CT molecular complexity index is 1260. The summed E-state index contributed by atoms with van der Waals surface area (Å²) in [7, 11) is 1.52. The second-order valence-corrected chi connectivity index (χ2v) is 7.73. The number of halogens is 1. The molecule has 1 aliphatic rings. The molecule has 4 amide bonds. The van der Waals surface area contributed by atoms with Crippen molar-refractivity contribution in [2.75, 3.05) is 12.0 Å². The number of imide groups is 2. The van der Waals surface area contributed by atoms with Gasteiger partial charge in [0, 0.05) is 22.1 Å². The highest BCUT2D eigenvalue weighted by Crippen LogP contribution is 2.27. The van der Waals surface area contributed by atoms with Crippen LogP contribution in [0, 0.1) is 13.8 Å². The molecule has 3 aromatic rings. The van der Waals surface area contributed by atoms with E-state index in [9.17, 15) is 14.4 Å². The number of carbonyl (C=O) groups is 3. The predicted octanol–water partition coefficient (Wildman–Crippen LogP) is 4.42. The van der Waals surface area contributed by atoms with E-state index in [1.807, 2.05) is 36.6 Å². The van der Waals surface area contributed by atoms with E-state index >= 15 is 0 Å². The van der Waals surface area contributed by atoms with Gasteiger partial charge >= 0.3 is 6.03 Å². The predicted molar refractivity (Wildman–Crippen MR) is 122 cm³/mol. The fourth-order valence-corrected chi connectivity index (χ4v) is 3.83. The number of nitrogens with one attached hydrogen (secondary N) is 1. The van der Waals surface area contributed by atoms with Crippen molar-refractivity contribution in [1.82, 2.24) is 9.88 Å². The molecule has 2 aromatic carbocycles. The first kappa shape index (κ1) is 21.4. The fraction of sp³-hybridized carbons (Fsp3) is 0.125. The maximum absolute atomic E-state index is 13.1. The van der Waals surface area contributed by atoms with Gasteiger partial charge in [-0.1, -0.05) is 11.6 Å². The van der Waals surface area contributed by atoms with Crippen molar-refractivity contribution in [3.05, 3.63) is 82.1 Å². The van der Waals surface area contributed by atoms with E-state index in [0.717, 1.165) is 22.0 Å². The van der Waals surface area contributed by atoms with Crippen LogP contribution < -0.4 is 15.0 Å². The Morgan fingerprint density at radius 1 is 0.938 bits per heavy atom. The first-order valence-corrected chi connectivity index (χ1v) is 10.2. The molecule has 1 fully saturated rings. The summed E-state index contributed by atoms with van der Waals surface area (Å²) in [4.78, 5) is 39.0. The van der Waals surface area contributed by atoms with Crippen LogP contribution in [0.1, 0.15) is 17.0 Å². The van der Waals surface area contributed by atoms with Gasteiger partial charge in [0.25, 0.3) is 11.8 Å². The van der Waals surface area contributed by atoms with Crippen molar-refractivity contribution in [2.45, 2.75) is 13.8 Å². The summed E-state index contributed by atoms with van der Waals surface area (Å²) < 4.78 is 7.12. The fourth-order valence-electron chi connectivity index (χ4n) is 3.70. The van der Waals surface area contributed by atoms with Crippen LogP contribution in [-0.4, -0.2) is 29.5 Å². The molecule has 0 unspecified atom stereocenters. The minimum absolute atomic E-state index is 0.128. The summed E-state index contributed by atoms with van der Waals surface area (Å²) in [6.45, 7) is 3.82. The SMILES string of the molecule is COc1ccc(N2C(=O)NC(=O)C(=Cc3cc(C)n(-c4ccc(Cl)cc4)c3C)C2=O)cc1. The van der Waals surface area contributed by atoms with E-state index in [1.54, 1.807) is 36.4 Å². The number of hydrogen-bond donors (Lipinski definition) is 1. The maximum Gasteiger partial charge on any atom is 0.335 e. The summed E-state index contributed by atoms with van der Waals surface area (Å²) in [5.41, 5.74) is 3.56. The van der Waals surface area contributed by atoms with Gasteiger partial charge < -0.3 is 9.30 Å². The van der Waals surface area contributed by atoms with Gasteiger partial charge in [-0.2, -0.15) is 0 Å². The Labute approximate surface area is 189 Å². The highest BCUT2D eigenvalue weighted by molar-refractivity contribution is 6.39. The van der Waals surface area contributed by atoms with E-state index in [0.29, 0.717) is 22.0 Å². The lowest BCUT2D eigenvalue weighted by atomic mass is 10.1. The molecule has 1 saturated heterocycles. The van der Waals surface area contributed by atoms with E-state index in [2.05, 4.69) is 5.32 Å². The van der Waals surface area contributed by atoms with Gasteiger partial charge in [-0.05, 0) is 80.1 Å². The molecule has 0 radical (unpaired) electrons. The van der Waals surface area contributed by atoms with Crippen LogP contribution >= 0.6 is 11.6 Å². The monoisotopic (exact) mass is 449 g/mol. The molecule has 1 N–H and O–H groups in total. The van der Waals surface area contributed by atoms with Crippen molar-refractivity contribution < 1.29 is 19.1 Å². The van der Waals surface area contributed by atoms with E-state index < -0.39 is 17.8 Å². The summed E-state index contributed by atoms with van der Waals surface area (Å²) >= 11 is 6.00. The van der Waals surface area contributed by atoms with Crippen molar-refractivity contribution in [3.63, 3.8) is 0 Å². The van der Waals surface area contributed by atoms with Crippen LogP contribution in [0.5, 0.6) is 5.75 Å². The normalized spacial score (nSPS) is 15.3. The topological polar surface area (TPSA) is 80.6 Å². The third-order valence-corrected chi connectivity index (χ3v) is 5.54. The smallest absolute Gasteiger partial charge is 0.335 e. The molecular weight excluding hydrogens is 430 g/mol. The number of benzene rings is 2. The van der Waals surface area contributed by atoms with Crippen molar-refractivity contribution in [2.24, 2.45) is 0 Å². The Balaban J connectivity index is 1.73. The molecule has 0 bridgehead atoms. The van der Waals surface area contributed by atoms with Crippen molar-refractivity contribution >= 4 is 41.2 Å². The molecule has 0 atom stereocenters. The minimum Gasteiger partial charge on any atom is -0.497 e. The lowest BCUT2D eigenvalue weighted by molar-refractivity contribution is -0.122. The Kier molecular flexibility index (Phi) is 5.59. The third kappa shape index (κ3) is 3.78. The van der Waals surface area contributed by atoms with E-state index in [1.165, 1.54) is 13.2 Å². The van der Waals surface area contributed by atoms with Crippen molar-refractivity contribution in [1.29, 1.82) is 0 Å². The summed E-state index contributed by atoms with van der Waals surface area (Å²) in [6, 6.07) is 14.9. The molecule has 1 aromatic heterocycles. The molecule has 0 aliphatic carbocycles. The Hall–Kier alpha value is -3.84. The van der Waals surface area contributed by atoms with Gasteiger partial charge in [0.1, 0.15) is 11.3 Å². The second kappa shape index (κ2) is 8.36. The standard InChI is InChI=1S/C24H20ClN3O4/c1-14-12-16(15(2)27(14)18-6-4-17(25)5-7-18)13-21-22(29)26-24(31)28(23(21)30)19-8-10-20(32-3)11-9-19/h4-13H,1-3H3,(H,26,29,31). The number of rotatable bonds is 4. The van der Waals surface area contributed by atoms with Crippen LogP contribution in [0.15, 0.2) is 60.2 Å². The number of anilines is 1. The zero-order valence-electron chi connectivity index (χ0n) is 17.7. The number of carbonyl (C=O) groups excluding carboxylic acids is 3. The number of methoxy groups -OCH3 is 1. The van der Waals surface area contributed by atoms with E-state index in [-0.39, 0.29) is 5.57 Å². The number of aryl methyl sites for hydroxylation is 1. The molecule has 162 valence electrons. The van der Waals surface area contributed by atoms with Crippen molar-refractivity contribution in [3.8, 4) is 11.4 Å². The highest BCUT2D eigenvalue weighted by Gasteiger charge is 2.37. The van der Waals surface area contributed by atoms with Crippen LogP contribution in [0.2, 0.25) is 5.02 Å². The molecule has 0 spiro atoms. The van der Waals surface area contributed by atoms with Gasteiger partial charge in [-0.25, -0.2) is 9.69 Å². The van der Waals surface area contributed by atoms with Crippen LogP contribution in [-0.2, 0) is 9.59 Å². The third-order valence-electron chi connectivity index (χ3n) is 5.29. The maximum atomic E-state index is 13.1. The van der Waals surface area contributed by atoms with Gasteiger partial charge in [0.05, 0.1) is 12.8 Å². The molecule has 8 heteroatoms.